The summed E-state index contributed by atoms with van der Waals surface area (Å²) < 4.78 is 1.07. The molecule has 1 aromatic heterocycles. The third kappa shape index (κ3) is 6.36. The highest BCUT2D eigenvalue weighted by Crippen LogP contribution is 2.27. The van der Waals surface area contributed by atoms with Crippen LogP contribution >= 0.6 is 15.9 Å². The van der Waals surface area contributed by atoms with E-state index in [4.69, 9.17) is 0 Å². The summed E-state index contributed by atoms with van der Waals surface area (Å²) in [5, 5.41) is 3.69. The third-order valence-corrected chi connectivity index (χ3v) is 4.32. The molecule has 0 spiro atoms. The van der Waals surface area contributed by atoms with Crippen LogP contribution in [0.2, 0.25) is 0 Å². The van der Waals surface area contributed by atoms with E-state index in [1.165, 1.54) is 44.1 Å². The molecule has 0 aromatic carbocycles. The maximum Gasteiger partial charge on any atom is 0.0410 e. The summed E-state index contributed by atoms with van der Waals surface area (Å²) in [6.07, 6.45) is 11.5. The van der Waals surface area contributed by atoms with Crippen LogP contribution in [0, 0.1) is 5.92 Å². The lowest BCUT2D eigenvalue weighted by Crippen LogP contribution is -2.24. The Hall–Kier alpha value is -0.410. The summed E-state index contributed by atoms with van der Waals surface area (Å²) in [4.78, 5) is 4.32. The summed E-state index contributed by atoms with van der Waals surface area (Å²) in [5.74, 6) is 0.809. The Morgan fingerprint density at radius 3 is 2.60 bits per heavy atom. The van der Waals surface area contributed by atoms with Crippen LogP contribution < -0.4 is 5.32 Å². The second-order valence-electron chi connectivity index (χ2n) is 5.60. The molecule has 0 amide bonds. The Kier molecular flexibility index (Phi) is 9.12. The van der Waals surface area contributed by atoms with Gasteiger partial charge in [0.1, 0.15) is 0 Å². The van der Waals surface area contributed by atoms with Crippen molar-refractivity contribution < 1.29 is 0 Å². The van der Waals surface area contributed by atoms with Crippen molar-refractivity contribution in [1.29, 1.82) is 0 Å². The quantitative estimate of drug-likeness (QED) is 0.608. The summed E-state index contributed by atoms with van der Waals surface area (Å²) in [6, 6.07) is 2.63. The Balaban J connectivity index is 2.72. The monoisotopic (exact) mass is 340 g/mol. The summed E-state index contributed by atoms with van der Waals surface area (Å²) >= 11 is 3.53. The van der Waals surface area contributed by atoms with E-state index in [0.29, 0.717) is 6.04 Å². The number of pyridine rings is 1. The molecule has 0 fully saturated rings. The highest BCUT2D eigenvalue weighted by atomic mass is 79.9. The molecule has 114 valence electrons. The van der Waals surface area contributed by atoms with Gasteiger partial charge in [0.25, 0.3) is 0 Å². The van der Waals surface area contributed by atoms with Crippen molar-refractivity contribution in [3.05, 3.63) is 28.5 Å². The zero-order valence-corrected chi connectivity index (χ0v) is 14.7. The lowest BCUT2D eigenvalue weighted by Gasteiger charge is -2.24. The van der Waals surface area contributed by atoms with Crippen LogP contribution in [0.3, 0.4) is 0 Å². The van der Waals surface area contributed by atoms with Gasteiger partial charge in [0.05, 0.1) is 0 Å². The first-order valence-corrected chi connectivity index (χ1v) is 8.84. The molecule has 1 rings (SSSR count). The fourth-order valence-corrected chi connectivity index (χ4v) is 2.97. The maximum atomic E-state index is 4.32. The Bertz CT molecular complexity index is 368. The van der Waals surface area contributed by atoms with Crippen molar-refractivity contribution in [2.75, 3.05) is 6.54 Å². The minimum Gasteiger partial charge on any atom is -0.310 e. The molecule has 0 bridgehead atoms. The molecule has 1 N–H and O–H groups in total. The Labute approximate surface area is 132 Å². The highest BCUT2D eigenvalue weighted by Gasteiger charge is 2.17. The molecule has 1 heterocycles. The number of hydrogen-bond donors (Lipinski definition) is 1. The second kappa shape index (κ2) is 10.3. The first kappa shape index (κ1) is 17.6. The van der Waals surface area contributed by atoms with E-state index >= 15 is 0 Å². The predicted molar refractivity (Wildman–Crippen MR) is 90.9 cm³/mol. The molecule has 3 heteroatoms. The van der Waals surface area contributed by atoms with Crippen molar-refractivity contribution in [2.24, 2.45) is 5.92 Å². The molecule has 2 atom stereocenters. The first-order chi connectivity index (χ1) is 9.71. The number of nitrogens with zero attached hydrogens (tertiary/aromatic N) is 1. The van der Waals surface area contributed by atoms with Gasteiger partial charge in [0.2, 0.25) is 0 Å². The number of halogens is 1. The smallest absolute Gasteiger partial charge is 0.0410 e. The molecule has 0 saturated carbocycles. The van der Waals surface area contributed by atoms with Gasteiger partial charge in [-0.2, -0.15) is 0 Å². The first-order valence-electron chi connectivity index (χ1n) is 8.05. The van der Waals surface area contributed by atoms with Gasteiger partial charge in [-0.15, -0.1) is 0 Å². The molecule has 1 aromatic rings. The number of nitrogens with one attached hydrogen (secondary N) is 1. The molecule has 0 aliphatic carbocycles. The van der Waals surface area contributed by atoms with E-state index in [9.17, 15) is 0 Å². The van der Waals surface area contributed by atoms with Crippen LogP contribution in [0.15, 0.2) is 22.9 Å². The predicted octanol–water partition coefficient (Wildman–Crippen LogP) is 5.49. The van der Waals surface area contributed by atoms with Crippen LogP contribution in [0.25, 0.3) is 0 Å². The summed E-state index contributed by atoms with van der Waals surface area (Å²) in [6.45, 7) is 7.88. The van der Waals surface area contributed by atoms with Crippen molar-refractivity contribution >= 4 is 15.9 Å². The van der Waals surface area contributed by atoms with E-state index in [0.717, 1.165) is 16.9 Å². The lowest BCUT2D eigenvalue weighted by atomic mass is 9.89. The fraction of sp³-hybridized carbons (Fsp3) is 0.706. The molecule has 0 aliphatic rings. The lowest BCUT2D eigenvalue weighted by molar-refractivity contribution is 0.353. The standard InChI is InChI=1S/C17H29BrN2/c1-4-7-8-14(6-3)10-17(20-9-5-2)15-11-16(18)13-19-12-15/h11-14,17,20H,4-10H2,1-3H3. The number of unbranched alkanes of at least 4 members (excludes halogenated alkanes) is 1. The van der Waals surface area contributed by atoms with E-state index in [2.05, 4.69) is 53.1 Å². The molecular weight excluding hydrogens is 312 g/mol. The van der Waals surface area contributed by atoms with Crippen LogP contribution in [-0.4, -0.2) is 11.5 Å². The zero-order valence-electron chi connectivity index (χ0n) is 13.2. The molecule has 2 nitrogen and oxygen atoms in total. The number of aromatic nitrogens is 1. The van der Waals surface area contributed by atoms with Gasteiger partial charge < -0.3 is 5.32 Å². The van der Waals surface area contributed by atoms with Crippen molar-refractivity contribution in [2.45, 2.75) is 65.3 Å². The van der Waals surface area contributed by atoms with Crippen LogP contribution in [0.4, 0.5) is 0 Å². The number of rotatable bonds is 10. The van der Waals surface area contributed by atoms with E-state index < -0.39 is 0 Å². The van der Waals surface area contributed by atoms with Crippen LogP contribution in [0.5, 0.6) is 0 Å². The Morgan fingerprint density at radius 2 is 2.00 bits per heavy atom. The van der Waals surface area contributed by atoms with Gasteiger partial charge in [-0.25, -0.2) is 0 Å². The maximum absolute atomic E-state index is 4.32. The SMILES string of the molecule is CCCCC(CC)CC(NCCC)c1cncc(Br)c1. The zero-order chi connectivity index (χ0) is 14.8. The minimum atomic E-state index is 0.432. The average Bonchev–Trinajstić information content (AvgIpc) is 2.46. The van der Waals surface area contributed by atoms with E-state index in [1.54, 1.807) is 0 Å². The minimum absolute atomic E-state index is 0.432. The van der Waals surface area contributed by atoms with Crippen molar-refractivity contribution in [3.63, 3.8) is 0 Å². The van der Waals surface area contributed by atoms with Crippen molar-refractivity contribution in [3.8, 4) is 0 Å². The molecule has 2 unspecified atom stereocenters. The van der Waals surface area contributed by atoms with Gasteiger partial charge >= 0.3 is 0 Å². The van der Waals surface area contributed by atoms with E-state index in [1.807, 2.05) is 12.4 Å². The van der Waals surface area contributed by atoms with Gasteiger partial charge in [-0.1, -0.05) is 46.5 Å². The van der Waals surface area contributed by atoms with Gasteiger partial charge in [-0.05, 0) is 52.9 Å². The number of hydrogen-bond acceptors (Lipinski definition) is 2. The topological polar surface area (TPSA) is 24.9 Å². The molecule has 20 heavy (non-hydrogen) atoms. The second-order valence-corrected chi connectivity index (χ2v) is 6.51. The van der Waals surface area contributed by atoms with Gasteiger partial charge in [0, 0.05) is 22.9 Å². The fourth-order valence-electron chi connectivity index (χ4n) is 2.59. The van der Waals surface area contributed by atoms with E-state index in [-0.39, 0.29) is 0 Å². The summed E-state index contributed by atoms with van der Waals surface area (Å²) in [5.41, 5.74) is 1.31. The van der Waals surface area contributed by atoms with Crippen molar-refractivity contribution in [1.82, 2.24) is 10.3 Å². The highest BCUT2D eigenvalue weighted by molar-refractivity contribution is 9.10. The van der Waals surface area contributed by atoms with Crippen LogP contribution in [-0.2, 0) is 0 Å². The average molecular weight is 341 g/mol. The Morgan fingerprint density at radius 1 is 1.20 bits per heavy atom. The van der Waals surface area contributed by atoms with Crippen LogP contribution in [0.1, 0.15) is 70.9 Å². The molecule has 0 radical (unpaired) electrons. The van der Waals surface area contributed by atoms with Gasteiger partial charge in [0.15, 0.2) is 0 Å². The normalized spacial score (nSPS) is 14.2. The summed E-state index contributed by atoms with van der Waals surface area (Å²) in [7, 11) is 0. The third-order valence-electron chi connectivity index (χ3n) is 3.88. The van der Waals surface area contributed by atoms with Gasteiger partial charge in [-0.3, -0.25) is 4.98 Å². The largest absolute Gasteiger partial charge is 0.310 e. The molecule has 0 saturated heterocycles. The molecule has 0 aliphatic heterocycles. The molecular formula is C17H29BrN2.